The molecule has 0 aliphatic carbocycles. The first-order valence-electron chi connectivity index (χ1n) is 14.3. The molecule has 5 heterocycles. The Morgan fingerprint density at radius 2 is 1.82 bits per heavy atom. The molecule has 0 amide bonds. The van der Waals surface area contributed by atoms with Crippen LogP contribution in [-0.2, 0) is 28.5 Å². The zero-order chi connectivity index (χ0) is 26.3. The summed E-state index contributed by atoms with van der Waals surface area (Å²) in [6.07, 6.45) is 6.57. The van der Waals surface area contributed by atoms with Gasteiger partial charge in [-0.05, 0) is 56.1 Å². The van der Waals surface area contributed by atoms with Crippen LogP contribution in [-0.4, -0.2) is 65.3 Å². The van der Waals surface area contributed by atoms with Crippen LogP contribution in [0.1, 0.15) is 50.2 Å². The zero-order valence-corrected chi connectivity index (χ0v) is 22.7. The Morgan fingerprint density at radius 3 is 2.55 bits per heavy atom. The molecule has 2 aromatic carbocycles. The van der Waals surface area contributed by atoms with E-state index < -0.39 is 5.54 Å². The summed E-state index contributed by atoms with van der Waals surface area (Å²) in [5, 5.41) is 0. The fourth-order valence-electron chi connectivity index (χ4n) is 7.15. The van der Waals surface area contributed by atoms with Crippen molar-refractivity contribution < 1.29 is 18.4 Å². The maximum Gasteiger partial charge on any atom is 0.419 e. The first kappa shape index (κ1) is 25.4. The molecule has 0 unspecified atom stereocenters. The van der Waals surface area contributed by atoms with Gasteiger partial charge >= 0.3 is 11.7 Å². The predicted octanol–water partition coefficient (Wildman–Crippen LogP) is 4.23. The minimum Gasteiger partial charge on any atom is -0.454 e. The molecule has 4 fully saturated rings. The van der Waals surface area contributed by atoms with Crippen LogP contribution in [0.3, 0.4) is 0 Å². The quantitative estimate of drug-likeness (QED) is 0.346. The van der Waals surface area contributed by atoms with E-state index in [4.69, 9.17) is 9.15 Å². The van der Waals surface area contributed by atoms with Crippen molar-refractivity contribution in [1.82, 2.24) is 9.47 Å². The van der Waals surface area contributed by atoms with Crippen molar-refractivity contribution in [1.29, 1.82) is 0 Å². The average Bonchev–Trinajstić information content (AvgIpc) is 3.25. The number of quaternary nitrogens is 1. The Labute approximate surface area is 224 Å². The van der Waals surface area contributed by atoms with Crippen LogP contribution in [0.15, 0.2) is 57.7 Å². The van der Waals surface area contributed by atoms with Crippen molar-refractivity contribution >= 4 is 17.1 Å². The molecule has 4 saturated heterocycles. The molecule has 7 rings (SSSR count). The van der Waals surface area contributed by atoms with E-state index in [1.165, 1.54) is 12.0 Å². The van der Waals surface area contributed by atoms with Gasteiger partial charge in [0.05, 0.1) is 25.2 Å². The third kappa shape index (κ3) is 4.50. The van der Waals surface area contributed by atoms with Gasteiger partial charge in [-0.1, -0.05) is 42.8 Å². The molecule has 0 N–H and O–H groups in total. The number of ether oxygens (including phenoxy) is 1. The van der Waals surface area contributed by atoms with E-state index >= 15 is 0 Å². The maximum absolute atomic E-state index is 14.0. The Morgan fingerprint density at radius 1 is 1.08 bits per heavy atom. The number of aromatic nitrogens is 1. The van der Waals surface area contributed by atoms with Gasteiger partial charge in [-0.2, -0.15) is 0 Å². The fraction of sp³-hybridized carbons (Fsp3) is 0.548. The van der Waals surface area contributed by atoms with Crippen LogP contribution in [0.2, 0.25) is 0 Å². The molecular formula is C31H40N3O4+. The van der Waals surface area contributed by atoms with Gasteiger partial charge in [-0.15, -0.1) is 0 Å². The Kier molecular flexibility index (Phi) is 6.68. The molecule has 0 saturated carbocycles. The normalized spacial score (nSPS) is 27.3. The van der Waals surface area contributed by atoms with E-state index in [2.05, 4.69) is 30.0 Å². The van der Waals surface area contributed by atoms with Crippen LogP contribution in [0.25, 0.3) is 11.1 Å². The minimum absolute atomic E-state index is 0.0348. The number of benzene rings is 2. The monoisotopic (exact) mass is 518 g/mol. The van der Waals surface area contributed by atoms with E-state index in [-0.39, 0.29) is 17.8 Å². The average molecular weight is 519 g/mol. The molecule has 3 aromatic rings. The van der Waals surface area contributed by atoms with Crippen molar-refractivity contribution in [3.63, 3.8) is 0 Å². The molecule has 2 bridgehead atoms. The summed E-state index contributed by atoms with van der Waals surface area (Å²) in [7, 11) is 1.74. The van der Waals surface area contributed by atoms with Crippen molar-refractivity contribution in [3.05, 3.63) is 70.2 Å². The van der Waals surface area contributed by atoms with Gasteiger partial charge in [-0.3, -0.25) is 9.47 Å². The number of esters is 1. The van der Waals surface area contributed by atoms with Gasteiger partial charge in [0, 0.05) is 32.2 Å². The molecule has 7 nitrogen and oxygen atoms in total. The Balaban J connectivity index is 1.18. The first-order chi connectivity index (χ1) is 18.4. The Bertz CT molecular complexity index is 1350. The summed E-state index contributed by atoms with van der Waals surface area (Å²) in [4.78, 5) is 28.3. The van der Waals surface area contributed by atoms with E-state index in [1.807, 2.05) is 30.3 Å². The molecule has 4 aliphatic heterocycles. The lowest BCUT2D eigenvalue weighted by Gasteiger charge is -2.53. The van der Waals surface area contributed by atoms with Gasteiger partial charge in [0.25, 0.3) is 0 Å². The standard InChI is InChI=1S/C31H40N3O4/c1-31(25-9-5-3-6-10-25,33-16-7-4-8-17-33)29(35)37-28-22-34(19-14-24(28)15-20-34)18-13-23-11-12-26-27(21-23)38-30(36)32(26)2/h3,5-6,9-12,21,24,28H,4,7-8,13-20,22H2,1-2H3/q+1/t24?,28-,31+,34?/m1/s1. The minimum atomic E-state index is -0.756. The second kappa shape index (κ2) is 10.0. The molecule has 2 atom stereocenters. The van der Waals surface area contributed by atoms with Gasteiger partial charge in [0.2, 0.25) is 0 Å². The smallest absolute Gasteiger partial charge is 0.419 e. The van der Waals surface area contributed by atoms with Crippen LogP contribution in [0.4, 0.5) is 0 Å². The molecule has 0 radical (unpaired) electrons. The van der Waals surface area contributed by atoms with Gasteiger partial charge < -0.3 is 13.6 Å². The summed E-state index contributed by atoms with van der Waals surface area (Å²) in [5.74, 6) is 0.0381. The highest BCUT2D eigenvalue weighted by Crippen LogP contribution is 2.39. The number of hydrogen-bond donors (Lipinski definition) is 0. The van der Waals surface area contributed by atoms with Gasteiger partial charge in [0.15, 0.2) is 11.7 Å². The summed E-state index contributed by atoms with van der Waals surface area (Å²) in [5.41, 5.74) is 2.93. The highest BCUT2D eigenvalue weighted by Gasteiger charge is 2.50. The zero-order valence-electron chi connectivity index (χ0n) is 22.7. The third-order valence-corrected chi connectivity index (χ3v) is 9.75. The summed E-state index contributed by atoms with van der Waals surface area (Å²) in [6, 6.07) is 16.3. The number of piperidine rings is 4. The SMILES string of the molecule is Cn1c(=O)oc2cc(CC[N+]34CCC(CC3)[C@H](OC(=O)[C@](C)(c3ccccc3)N3CCCCC3)C4)ccc21. The molecule has 202 valence electrons. The van der Waals surface area contributed by atoms with Crippen molar-refractivity contribution in [2.24, 2.45) is 13.0 Å². The van der Waals surface area contributed by atoms with Crippen molar-refractivity contribution in [2.45, 2.75) is 57.1 Å². The lowest BCUT2D eigenvalue weighted by molar-refractivity contribution is -0.946. The van der Waals surface area contributed by atoms with E-state index in [0.29, 0.717) is 11.5 Å². The van der Waals surface area contributed by atoms with Crippen LogP contribution < -0.4 is 5.76 Å². The number of oxazole rings is 1. The Hall–Kier alpha value is -2.90. The van der Waals surface area contributed by atoms with Gasteiger partial charge in [-0.25, -0.2) is 9.59 Å². The maximum atomic E-state index is 14.0. The predicted molar refractivity (Wildman–Crippen MR) is 147 cm³/mol. The lowest BCUT2D eigenvalue weighted by atomic mass is 9.82. The molecule has 1 aromatic heterocycles. The van der Waals surface area contributed by atoms with Gasteiger partial charge in [0.1, 0.15) is 12.1 Å². The number of carbonyl (C=O) groups is 1. The molecular weight excluding hydrogens is 478 g/mol. The van der Waals surface area contributed by atoms with E-state index in [0.717, 1.165) is 86.9 Å². The fourth-order valence-corrected chi connectivity index (χ4v) is 7.15. The number of fused-ring (bicyclic) bond motifs is 4. The summed E-state index contributed by atoms with van der Waals surface area (Å²) in [6.45, 7) is 8.11. The van der Waals surface area contributed by atoms with Crippen LogP contribution in [0.5, 0.6) is 0 Å². The first-order valence-corrected chi connectivity index (χ1v) is 14.3. The van der Waals surface area contributed by atoms with Crippen LogP contribution >= 0.6 is 0 Å². The molecule has 7 heteroatoms. The van der Waals surface area contributed by atoms with Crippen molar-refractivity contribution in [3.8, 4) is 0 Å². The highest BCUT2D eigenvalue weighted by atomic mass is 16.5. The third-order valence-electron chi connectivity index (χ3n) is 9.75. The second-order valence-corrected chi connectivity index (χ2v) is 11.9. The topological polar surface area (TPSA) is 64.7 Å². The summed E-state index contributed by atoms with van der Waals surface area (Å²) < 4.78 is 14.5. The number of carbonyl (C=O) groups excluding carboxylic acids is 1. The molecule has 0 spiro atoms. The van der Waals surface area contributed by atoms with Crippen molar-refractivity contribution in [2.75, 3.05) is 39.3 Å². The van der Waals surface area contributed by atoms with Crippen LogP contribution in [0, 0.1) is 5.92 Å². The number of likely N-dealkylation sites (tertiary alicyclic amines) is 1. The number of aryl methyl sites for hydroxylation is 1. The van der Waals surface area contributed by atoms with E-state index in [1.54, 1.807) is 11.6 Å². The number of rotatable bonds is 7. The number of hydrogen-bond acceptors (Lipinski definition) is 5. The molecule has 4 aliphatic rings. The molecule has 38 heavy (non-hydrogen) atoms. The second-order valence-electron chi connectivity index (χ2n) is 11.9. The lowest BCUT2D eigenvalue weighted by Crippen LogP contribution is -2.65. The number of nitrogens with zero attached hydrogens (tertiary/aromatic N) is 3. The summed E-state index contributed by atoms with van der Waals surface area (Å²) >= 11 is 0. The highest BCUT2D eigenvalue weighted by molar-refractivity contribution is 5.82. The largest absolute Gasteiger partial charge is 0.454 e. The van der Waals surface area contributed by atoms with E-state index in [9.17, 15) is 9.59 Å².